The zero-order chi connectivity index (χ0) is 21.3. The number of hydrogen-bond acceptors (Lipinski definition) is 4. The SMILES string of the molecule is Cc1cccn2c(C(C)(CC(C)C)NC(=O)c3cccc4c3OCCNC4)ncc12. The predicted molar refractivity (Wildman–Crippen MR) is 118 cm³/mol. The molecule has 0 aliphatic carbocycles. The maximum absolute atomic E-state index is 13.5. The number of aromatic nitrogens is 2. The number of pyridine rings is 1. The summed E-state index contributed by atoms with van der Waals surface area (Å²) in [6.07, 6.45) is 4.67. The normalized spacial score (nSPS) is 15.9. The van der Waals surface area contributed by atoms with Gasteiger partial charge in [0.05, 0.1) is 22.8 Å². The van der Waals surface area contributed by atoms with E-state index >= 15 is 0 Å². The number of hydrogen-bond donors (Lipinski definition) is 2. The molecule has 2 N–H and O–H groups in total. The Morgan fingerprint density at radius 2 is 2.17 bits per heavy atom. The predicted octanol–water partition coefficient (Wildman–Crippen LogP) is 3.82. The Morgan fingerprint density at radius 1 is 1.33 bits per heavy atom. The first-order valence-electron chi connectivity index (χ1n) is 10.6. The maximum atomic E-state index is 13.5. The quantitative estimate of drug-likeness (QED) is 0.676. The van der Waals surface area contributed by atoms with Gasteiger partial charge in [0.1, 0.15) is 18.2 Å². The van der Waals surface area contributed by atoms with E-state index in [-0.39, 0.29) is 5.91 Å². The number of fused-ring (bicyclic) bond motifs is 2. The van der Waals surface area contributed by atoms with Crippen molar-refractivity contribution in [3.63, 3.8) is 0 Å². The molecule has 1 unspecified atom stereocenters. The third-order valence-electron chi connectivity index (χ3n) is 5.66. The summed E-state index contributed by atoms with van der Waals surface area (Å²) in [6.45, 7) is 10.5. The third kappa shape index (κ3) is 3.79. The average molecular weight is 407 g/mol. The Labute approximate surface area is 177 Å². The number of carbonyl (C=O) groups is 1. The first-order valence-corrected chi connectivity index (χ1v) is 10.6. The molecule has 2 aromatic heterocycles. The topological polar surface area (TPSA) is 67.7 Å². The van der Waals surface area contributed by atoms with E-state index < -0.39 is 5.54 Å². The maximum Gasteiger partial charge on any atom is 0.255 e. The van der Waals surface area contributed by atoms with E-state index in [0.717, 1.165) is 35.4 Å². The van der Waals surface area contributed by atoms with Crippen LogP contribution in [0.2, 0.25) is 0 Å². The van der Waals surface area contributed by atoms with Crippen molar-refractivity contribution in [2.24, 2.45) is 5.92 Å². The van der Waals surface area contributed by atoms with Crippen LogP contribution in [0.15, 0.2) is 42.7 Å². The van der Waals surface area contributed by atoms with Crippen molar-refractivity contribution in [3.05, 3.63) is 65.2 Å². The number of nitrogens with zero attached hydrogens (tertiary/aromatic N) is 2. The monoisotopic (exact) mass is 406 g/mol. The third-order valence-corrected chi connectivity index (χ3v) is 5.66. The fourth-order valence-electron chi connectivity index (χ4n) is 4.42. The minimum Gasteiger partial charge on any atom is -0.491 e. The molecule has 0 spiro atoms. The summed E-state index contributed by atoms with van der Waals surface area (Å²) >= 11 is 0. The van der Waals surface area contributed by atoms with Gasteiger partial charge in [0.2, 0.25) is 0 Å². The smallest absolute Gasteiger partial charge is 0.255 e. The minimum absolute atomic E-state index is 0.138. The van der Waals surface area contributed by atoms with Crippen molar-refractivity contribution in [3.8, 4) is 5.75 Å². The summed E-state index contributed by atoms with van der Waals surface area (Å²) in [7, 11) is 0. The number of aryl methyl sites for hydroxylation is 1. The van der Waals surface area contributed by atoms with E-state index in [1.165, 1.54) is 0 Å². The summed E-state index contributed by atoms with van der Waals surface area (Å²) in [5, 5.41) is 6.62. The number of rotatable bonds is 5. The second-order valence-corrected chi connectivity index (χ2v) is 8.73. The summed E-state index contributed by atoms with van der Waals surface area (Å²) in [5.74, 6) is 1.76. The molecule has 1 aromatic carbocycles. The number of amides is 1. The van der Waals surface area contributed by atoms with Gasteiger partial charge in [-0.2, -0.15) is 0 Å². The van der Waals surface area contributed by atoms with E-state index in [9.17, 15) is 4.79 Å². The standard InChI is InChI=1S/C24H30N4O2/c1-16(2)13-24(4,23-26-15-20-17(3)7-6-11-28(20)23)27-22(29)19-9-5-8-18-14-25-10-12-30-21(18)19/h5-9,11,15-16,25H,10,12-14H2,1-4H3,(H,27,29). The lowest BCUT2D eigenvalue weighted by Crippen LogP contribution is -2.46. The Balaban J connectivity index is 1.74. The van der Waals surface area contributed by atoms with E-state index in [1.54, 1.807) is 0 Å². The highest BCUT2D eigenvalue weighted by Crippen LogP contribution is 2.31. The van der Waals surface area contributed by atoms with E-state index in [0.29, 0.717) is 30.4 Å². The second-order valence-electron chi connectivity index (χ2n) is 8.73. The molecule has 1 atom stereocenters. The molecule has 0 radical (unpaired) electrons. The van der Waals surface area contributed by atoms with Gasteiger partial charge in [-0.1, -0.05) is 32.0 Å². The van der Waals surface area contributed by atoms with E-state index in [2.05, 4.69) is 48.8 Å². The molecule has 4 rings (SSSR count). The molecule has 0 bridgehead atoms. The van der Waals surface area contributed by atoms with Crippen molar-refractivity contribution < 1.29 is 9.53 Å². The molecule has 30 heavy (non-hydrogen) atoms. The van der Waals surface area contributed by atoms with Crippen LogP contribution in [0.5, 0.6) is 5.75 Å². The molecule has 3 aromatic rings. The molecule has 1 aliphatic heterocycles. The van der Waals surface area contributed by atoms with Crippen LogP contribution in [0.1, 0.15) is 54.5 Å². The van der Waals surface area contributed by atoms with Gasteiger partial charge in [0, 0.05) is 24.8 Å². The van der Waals surface area contributed by atoms with Gasteiger partial charge in [-0.05, 0) is 43.9 Å². The first-order chi connectivity index (χ1) is 14.4. The Morgan fingerprint density at radius 3 is 2.97 bits per heavy atom. The first kappa shape index (κ1) is 20.4. The van der Waals surface area contributed by atoms with Crippen LogP contribution < -0.4 is 15.4 Å². The van der Waals surface area contributed by atoms with Crippen LogP contribution in [-0.4, -0.2) is 28.4 Å². The molecule has 6 heteroatoms. The fraction of sp³-hybridized carbons (Fsp3) is 0.417. The van der Waals surface area contributed by atoms with Gasteiger partial charge in [0.25, 0.3) is 5.91 Å². The van der Waals surface area contributed by atoms with Crippen LogP contribution in [0, 0.1) is 12.8 Å². The molecular formula is C24H30N4O2. The van der Waals surface area contributed by atoms with Crippen LogP contribution in [-0.2, 0) is 12.1 Å². The largest absolute Gasteiger partial charge is 0.491 e. The minimum atomic E-state index is -0.628. The van der Waals surface area contributed by atoms with E-state index in [4.69, 9.17) is 9.72 Å². The van der Waals surface area contributed by atoms with Crippen LogP contribution >= 0.6 is 0 Å². The highest BCUT2D eigenvalue weighted by atomic mass is 16.5. The molecule has 0 saturated heterocycles. The molecule has 6 nitrogen and oxygen atoms in total. The molecule has 1 amide bonds. The number of carbonyl (C=O) groups excluding carboxylic acids is 1. The highest BCUT2D eigenvalue weighted by Gasteiger charge is 2.35. The van der Waals surface area contributed by atoms with Crippen LogP contribution in [0.4, 0.5) is 0 Å². The summed E-state index contributed by atoms with van der Waals surface area (Å²) in [6, 6.07) is 9.84. The number of para-hydroxylation sites is 1. The molecule has 1 aliphatic rings. The lowest BCUT2D eigenvalue weighted by Gasteiger charge is -2.32. The van der Waals surface area contributed by atoms with E-state index in [1.807, 2.05) is 36.7 Å². The average Bonchev–Trinajstić information content (AvgIpc) is 3.00. The Kier molecular flexibility index (Phi) is 5.52. The van der Waals surface area contributed by atoms with Gasteiger partial charge in [-0.25, -0.2) is 4.98 Å². The highest BCUT2D eigenvalue weighted by molar-refractivity contribution is 5.98. The van der Waals surface area contributed by atoms with Gasteiger partial charge >= 0.3 is 0 Å². The second kappa shape index (κ2) is 8.11. The van der Waals surface area contributed by atoms with Crippen LogP contribution in [0.25, 0.3) is 5.52 Å². The Bertz CT molecular complexity index is 1070. The van der Waals surface area contributed by atoms with Crippen molar-refractivity contribution in [1.29, 1.82) is 0 Å². The van der Waals surface area contributed by atoms with Gasteiger partial charge in [-0.15, -0.1) is 0 Å². The van der Waals surface area contributed by atoms with Crippen molar-refractivity contribution in [1.82, 2.24) is 20.0 Å². The fourth-order valence-corrected chi connectivity index (χ4v) is 4.42. The van der Waals surface area contributed by atoms with Crippen molar-refractivity contribution in [2.75, 3.05) is 13.2 Å². The number of benzene rings is 1. The number of ether oxygens (including phenoxy) is 1. The molecule has 3 heterocycles. The Hall–Kier alpha value is -2.86. The van der Waals surface area contributed by atoms with Crippen molar-refractivity contribution >= 4 is 11.4 Å². The molecule has 158 valence electrons. The number of nitrogens with one attached hydrogen (secondary N) is 2. The lowest BCUT2D eigenvalue weighted by atomic mass is 9.89. The van der Waals surface area contributed by atoms with Gasteiger partial charge in [-0.3, -0.25) is 4.79 Å². The summed E-state index contributed by atoms with van der Waals surface area (Å²) in [4.78, 5) is 18.2. The lowest BCUT2D eigenvalue weighted by molar-refractivity contribution is 0.0883. The molecule has 0 saturated carbocycles. The van der Waals surface area contributed by atoms with Crippen molar-refractivity contribution in [2.45, 2.75) is 46.2 Å². The van der Waals surface area contributed by atoms with Gasteiger partial charge in [0.15, 0.2) is 0 Å². The number of imidazole rings is 1. The summed E-state index contributed by atoms with van der Waals surface area (Å²) in [5.41, 5.74) is 3.16. The van der Waals surface area contributed by atoms with Gasteiger partial charge < -0.3 is 19.8 Å². The molecule has 0 fully saturated rings. The molecular weight excluding hydrogens is 376 g/mol. The van der Waals surface area contributed by atoms with Crippen LogP contribution in [0.3, 0.4) is 0 Å². The zero-order valence-electron chi connectivity index (χ0n) is 18.2. The summed E-state index contributed by atoms with van der Waals surface area (Å²) < 4.78 is 8.02. The zero-order valence-corrected chi connectivity index (χ0v) is 18.2.